The van der Waals surface area contributed by atoms with E-state index in [0.717, 1.165) is 30.2 Å². The Morgan fingerprint density at radius 1 is 1.40 bits per heavy atom. The molecule has 1 aliphatic heterocycles. The fourth-order valence-corrected chi connectivity index (χ4v) is 2.69. The van der Waals surface area contributed by atoms with Crippen molar-refractivity contribution >= 4 is 0 Å². The van der Waals surface area contributed by atoms with E-state index < -0.39 is 5.60 Å². The third-order valence-electron chi connectivity index (χ3n) is 3.74. The molecular formula is C14H19N3O3. The molecule has 20 heavy (non-hydrogen) atoms. The van der Waals surface area contributed by atoms with Gasteiger partial charge in [0.15, 0.2) is 5.76 Å². The molecule has 6 nitrogen and oxygen atoms in total. The number of nitrogens with zero attached hydrogens (tertiary/aromatic N) is 2. The number of hydrogen-bond acceptors (Lipinski definition) is 5. The molecule has 2 aromatic rings. The van der Waals surface area contributed by atoms with E-state index in [1.54, 1.807) is 6.20 Å². The number of piperidine rings is 1. The van der Waals surface area contributed by atoms with Crippen LogP contribution in [0.4, 0.5) is 0 Å². The van der Waals surface area contributed by atoms with E-state index >= 15 is 0 Å². The minimum Gasteiger partial charge on any atom is -0.458 e. The van der Waals surface area contributed by atoms with Gasteiger partial charge in [-0.15, -0.1) is 0 Å². The minimum absolute atomic E-state index is 0.193. The lowest BCUT2D eigenvalue weighted by molar-refractivity contribution is -0.0697. The van der Waals surface area contributed by atoms with E-state index in [-0.39, 0.29) is 6.61 Å². The summed E-state index contributed by atoms with van der Waals surface area (Å²) in [7, 11) is 0. The predicted octanol–water partition coefficient (Wildman–Crippen LogP) is 0.989. The van der Waals surface area contributed by atoms with Crippen molar-refractivity contribution in [3.63, 3.8) is 0 Å². The van der Waals surface area contributed by atoms with Gasteiger partial charge in [-0.2, -0.15) is 5.10 Å². The molecule has 3 N–H and O–H groups in total. The van der Waals surface area contributed by atoms with Gasteiger partial charge >= 0.3 is 0 Å². The molecule has 1 atom stereocenters. The zero-order valence-corrected chi connectivity index (χ0v) is 11.2. The van der Waals surface area contributed by atoms with Crippen LogP contribution in [-0.2, 0) is 6.54 Å². The van der Waals surface area contributed by atoms with E-state index in [0.29, 0.717) is 19.5 Å². The predicted molar refractivity (Wildman–Crippen MR) is 72.8 cm³/mol. The van der Waals surface area contributed by atoms with Crippen LogP contribution in [0, 0.1) is 0 Å². The SMILES string of the molecule is OCC1(O)CCCN(Cc2ccc(-c3ccn[nH]3)o2)C1. The Balaban J connectivity index is 1.66. The normalized spacial score (nSPS) is 24.1. The maximum absolute atomic E-state index is 10.1. The highest BCUT2D eigenvalue weighted by molar-refractivity contribution is 5.51. The Bertz CT molecular complexity index is 552. The molecule has 1 fully saturated rings. The second kappa shape index (κ2) is 5.40. The molecule has 2 aromatic heterocycles. The monoisotopic (exact) mass is 277 g/mol. The Hall–Kier alpha value is -1.63. The third kappa shape index (κ3) is 2.77. The van der Waals surface area contributed by atoms with Crippen LogP contribution in [0.2, 0.25) is 0 Å². The number of aromatic nitrogens is 2. The van der Waals surface area contributed by atoms with Crippen LogP contribution in [0.3, 0.4) is 0 Å². The fraction of sp³-hybridized carbons (Fsp3) is 0.500. The summed E-state index contributed by atoms with van der Waals surface area (Å²) < 4.78 is 5.78. The number of nitrogens with one attached hydrogen (secondary N) is 1. The Labute approximate surface area is 117 Å². The Kier molecular flexibility index (Phi) is 3.60. The lowest BCUT2D eigenvalue weighted by Crippen LogP contribution is -2.49. The summed E-state index contributed by atoms with van der Waals surface area (Å²) >= 11 is 0. The second-order valence-corrected chi connectivity index (χ2v) is 5.43. The van der Waals surface area contributed by atoms with Crippen molar-refractivity contribution in [3.05, 3.63) is 30.2 Å². The number of aliphatic hydroxyl groups is 2. The van der Waals surface area contributed by atoms with Crippen molar-refractivity contribution in [1.82, 2.24) is 15.1 Å². The molecule has 0 amide bonds. The zero-order valence-electron chi connectivity index (χ0n) is 11.2. The van der Waals surface area contributed by atoms with Crippen LogP contribution in [-0.4, -0.2) is 50.6 Å². The van der Waals surface area contributed by atoms with Gasteiger partial charge in [0.25, 0.3) is 0 Å². The summed E-state index contributed by atoms with van der Waals surface area (Å²) in [5.74, 6) is 1.60. The van der Waals surface area contributed by atoms with Crippen LogP contribution >= 0.6 is 0 Å². The lowest BCUT2D eigenvalue weighted by atomic mass is 9.94. The average Bonchev–Trinajstić information content (AvgIpc) is 3.09. The number of likely N-dealkylation sites (tertiary alicyclic amines) is 1. The first-order chi connectivity index (χ1) is 9.68. The lowest BCUT2D eigenvalue weighted by Gasteiger charge is -2.37. The van der Waals surface area contributed by atoms with Gasteiger partial charge in [-0.3, -0.25) is 10.00 Å². The molecule has 3 rings (SSSR count). The molecular weight excluding hydrogens is 258 g/mol. The van der Waals surface area contributed by atoms with Crippen LogP contribution in [0.25, 0.3) is 11.5 Å². The summed E-state index contributed by atoms with van der Waals surface area (Å²) in [6.45, 7) is 1.82. The quantitative estimate of drug-likeness (QED) is 0.776. The fourth-order valence-electron chi connectivity index (χ4n) is 2.69. The summed E-state index contributed by atoms with van der Waals surface area (Å²) in [6, 6.07) is 5.70. The molecule has 108 valence electrons. The Morgan fingerprint density at radius 3 is 3.05 bits per heavy atom. The third-order valence-corrected chi connectivity index (χ3v) is 3.74. The average molecular weight is 277 g/mol. The second-order valence-electron chi connectivity index (χ2n) is 5.43. The van der Waals surface area contributed by atoms with Gasteiger partial charge in [0.05, 0.1) is 13.2 Å². The first-order valence-electron chi connectivity index (χ1n) is 6.83. The number of H-pyrrole nitrogens is 1. The van der Waals surface area contributed by atoms with Gasteiger partial charge < -0.3 is 14.6 Å². The van der Waals surface area contributed by atoms with Crippen molar-refractivity contribution in [3.8, 4) is 11.5 Å². The van der Waals surface area contributed by atoms with E-state index in [1.165, 1.54) is 0 Å². The van der Waals surface area contributed by atoms with Crippen molar-refractivity contribution in [2.75, 3.05) is 19.7 Å². The van der Waals surface area contributed by atoms with Gasteiger partial charge in [-0.25, -0.2) is 0 Å². The van der Waals surface area contributed by atoms with Gasteiger partial charge in [0, 0.05) is 12.7 Å². The molecule has 6 heteroatoms. The van der Waals surface area contributed by atoms with Crippen LogP contribution in [0.5, 0.6) is 0 Å². The first kappa shape index (κ1) is 13.4. The topological polar surface area (TPSA) is 85.5 Å². The van der Waals surface area contributed by atoms with Crippen molar-refractivity contribution in [1.29, 1.82) is 0 Å². The standard InChI is InChI=1S/C14H19N3O3/c18-10-14(19)5-1-7-17(9-14)8-11-2-3-13(20-11)12-4-6-15-16-12/h2-4,6,18-19H,1,5,7-10H2,(H,15,16). The number of furan rings is 1. The van der Waals surface area contributed by atoms with Crippen molar-refractivity contribution in [2.24, 2.45) is 0 Å². The molecule has 1 aliphatic rings. The molecule has 1 saturated heterocycles. The van der Waals surface area contributed by atoms with E-state index in [2.05, 4.69) is 15.1 Å². The molecule has 0 bridgehead atoms. The number of hydrogen-bond donors (Lipinski definition) is 3. The number of aromatic amines is 1. The summed E-state index contributed by atoms with van der Waals surface area (Å²) in [5, 5.41) is 26.2. The highest BCUT2D eigenvalue weighted by Gasteiger charge is 2.32. The number of aliphatic hydroxyl groups excluding tert-OH is 1. The summed E-state index contributed by atoms with van der Waals surface area (Å²) in [5.41, 5.74) is -0.126. The zero-order chi connectivity index (χ0) is 14.0. The highest BCUT2D eigenvalue weighted by Crippen LogP contribution is 2.24. The minimum atomic E-state index is -0.975. The highest BCUT2D eigenvalue weighted by atomic mass is 16.3. The molecule has 0 aromatic carbocycles. The van der Waals surface area contributed by atoms with Crippen LogP contribution in [0.15, 0.2) is 28.8 Å². The molecule has 0 radical (unpaired) electrons. The maximum atomic E-state index is 10.1. The molecule has 0 aliphatic carbocycles. The van der Waals surface area contributed by atoms with Gasteiger partial charge in [-0.05, 0) is 37.6 Å². The molecule has 0 spiro atoms. The van der Waals surface area contributed by atoms with Gasteiger partial charge in [0.2, 0.25) is 0 Å². The largest absolute Gasteiger partial charge is 0.458 e. The number of β-amino-alcohol motifs (C(OH)–C–C–N with tert-alkyl or cyclic N) is 1. The van der Waals surface area contributed by atoms with Crippen molar-refractivity contribution < 1.29 is 14.6 Å². The van der Waals surface area contributed by atoms with Crippen LogP contribution in [0.1, 0.15) is 18.6 Å². The smallest absolute Gasteiger partial charge is 0.152 e. The van der Waals surface area contributed by atoms with Crippen molar-refractivity contribution in [2.45, 2.75) is 25.0 Å². The number of rotatable bonds is 4. The summed E-state index contributed by atoms with van der Waals surface area (Å²) in [6.07, 6.45) is 3.21. The van der Waals surface area contributed by atoms with Crippen LogP contribution < -0.4 is 0 Å². The van der Waals surface area contributed by atoms with E-state index in [4.69, 9.17) is 4.42 Å². The first-order valence-corrected chi connectivity index (χ1v) is 6.83. The van der Waals surface area contributed by atoms with Gasteiger partial charge in [-0.1, -0.05) is 0 Å². The molecule has 1 unspecified atom stereocenters. The van der Waals surface area contributed by atoms with E-state index in [9.17, 15) is 10.2 Å². The van der Waals surface area contributed by atoms with Gasteiger partial charge in [0.1, 0.15) is 17.1 Å². The Morgan fingerprint density at radius 2 is 2.30 bits per heavy atom. The maximum Gasteiger partial charge on any atom is 0.152 e. The van der Waals surface area contributed by atoms with E-state index in [1.807, 2.05) is 18.2 Å². The summed E-state index contributed by atoms with van der Waals surface area (Å²) in [4.78, 5) is 2.11. The molecule has 3 heterocycles. The molecule has 0 saturated carbocycles.